The van der Waals surface area contributed by atoms with Gasteiger partial charge in [-0.05, 0) is 56.7 Å². The van der Waals surface area contributed by atoms with Crippen molar-refractivity contribution in [1.29, 1.82) is 0 Å². The van der Waals surface area contributed by atoms with Crippen molar-refractivity contribution in [3.63, 3.8) is 0 Å². The molecule has 1 N–H and O–H groups in total. The van der Waals surface area contributed by atoms with Gasteiger partial charge in [-0.1, -0.05) is 40.5 Å². The number of carbonyl (C=O) groups is 1. The van der Waals surface area contributed by atoms with Crippen LogP contribution in [0.15, 0.2) is 47.3 Å². The van der Waals surface area contributed by atoms with Gasteiger partial charge >= 0.3 is 5.97 Å². The molecular formula is C29H27Cl2N3O5. The lowest BCUT2D eigenvalue weighted by molar-refractivity contribution is 0.0690. The van der Waals surface area contributed by atoms with Crippen molar-refractivity contribution in [2.24, 2.45) is 0 Å². The zero-order chi connectivity index (χ0) is 27.4. The van der Waals surface area contributed by atoms with Gasteiger partial charge in [0, 0.05) is 40.9 Å². The van der Waals surface area contributed by atoms with Crippen LogP contribution in [-0.4, -0.2) is 39.9 Å². The molecule has 0 radical (unpaired) electrons. The van der Waals surface area contributed by atoms with Crippen molar-refractivity contribution in [2.45, 2.75) is 44.4 Å². The van der Waals surface area contributed by atoms with E-state index < -0.39 is 5.97 Å². The number of ether oxygens (including phenoxy) is 2. The van der Waals surface area contributed by atoms with Crippen LogP contribution < -0.4 is 9.47 Å². The second kappa shape index (κ2) is 12.1. The summed E-state index contributed by atoms with van der Waals surface area (Å²) in [5.41, 5.74) is 2.72. The molecule has 3 heterocycles. The Morgan fingerprint density at radius 3 is 2.67 bits per heavy atom. The van der Waals surface area contributed by atoms with Crippen LogP contribution in [0.2, 0.25) is 10.0 Å². The number of carboxylic acids is 1. The summed E-state index contributed by atoms with van der Waals surface area (Å²) in [6, 6.07) is 6.77. The van der Waals surface area contributed by atoms with E-state index in [4.69, 9.17) is 37.2 Å². The number of methoxy groups -OCH3 is 1. The highest BCUT2D eigenvalue weighted by Crippen LogP contribution is 2.46. The monoisotopic (exact) mass is 567 g/mol. The Labute approximate surface area is 235 Å². The zero-order valence-electron chi connectivity index (χ0n) is 21.3. The Balaban J connectivity index is 1.14. The third-order valence-corrected chi connectivity index (χ3v) is 7.12. The fourth-order valence-corrected chi connectivity index (χ4v) is 4.95. The lowest BCUT2D eigenvalue weighted by atomic mass is 10.0. The molecule has 39 heavy (non-hydrogen) atoms. The average Bonchev–Trinajstić information content (AvgIpc) is 3.69. The molecule has 5 rings (SSSR count). The smallest absolute Gasteiger partial charge is 0.354 e. The van der Waals surface area contributed by atoms with E-state index in [0.29, 0.717) is 56.2 Å². The van der Waals surface area contributed by atoms with E-state index in [9.17, 15) is 9.90 Å². The van der Waals surface area contributed by atoms with Crippen LogP contribution in [0.5, 0.6) is 11.5 Å². The molecule has 10 heteroatoms. The molecule has 0 unspecified atom stereocenters. The van der Waals surface area contributed by atoms with Crippen molar-refractivity contribution in [3.8, 4) is 22.8 Å². The molecule has 1 aliphatic rings. The van der Waals surface area contributed by atoms with Crippen LogP contribution in [0.25, 0.3) is 28.2 Å². The van der Waals surface area contributed by atoms with Crippen LogP contribution in [0.4, 0.5) is 0 Å². The first-order valence-electron chi connectivity index (χ1n) is 12.8. The molecule has 0 spiro atoms. The van der Waals surface area contributed by atoms with Gasteiger partial charge in [-0.3, -0.25) is 4.98 Å². The van der Waals surface area contributed by atoms with Gasteiger partial charge in [0.2, 0.25) is 0 Å². The minimum Gasteiger partial charge on any atom is -0.496 e. The van der Waals surface area contributed by atoms with Crippen molar-refractivity contribution >= 4 is 46.2 Å². The van der Waals surface area contributed by atoms with E-state index in [0.717, 1.165) is 49.8 Å². The van der Waals surface area contributed by atoms with Crippen LogP contribution >= 0.6 is 23.2 Å². The maximum absolute atomic E-state index is 11.3. The number of nitrogens with zero attached hydrogens (tertiary/aromatic N) is 3. The van der Waals surface area contributed by atoms with Gasteiger partial charge in [0.1, 0.15) is 23.0 Å². The van der Waals surface area contributed by atoms with E-state index in [2.05, 4.69) is 27.3 Å². The average molecular weight is 568 g/mol. The fraction of sp³-hybridized carbons (Fsp3) is 0.310. The summed E-state index contributed by atoms with van der Waals surface area (Å²) in [7, 11) is 1.50. The second-order valence-electron chi connectivity index (χ2n) is 9.36. The summed E-state index contributed by atoms with van der Waals surface area (Å²) < 4.78 is 17.0. The Kier molecular flexibility index (Phi) is 8.33. The first-order valence-corrected chi connectivity index (χ1v) is 13.5. The minimum absolute atomic E-state index is 0.0592. The molecule has 0 amide bonds. The van der Waals surface area contributed by atoms with Crippen LogP contribution in [0.1, 0.15) is 66.3 Å². The Morgan fingerprint density at radius 1 is 1.15 bits per heavy atom. The number of hydrogen-bond donors (Lipinski definition) is 1. The summed E-state index contributed by atoms with van der Waals surface area (Å²) in [4.78, 5) is 19.5. The number of allylic oxidation sites excluding steroid dienone is 1. The number of benzene rings is 1. The SMILES string of the molecule is COc1cc(C(=O)O)nc2ccc(OCCCCC/C=C/c3c(-c4c(Cl)cncc4Cl)noc3C3CC3)cc12. The molecule has 8 nitrogen and oxygen atoms in total. The molecule has 0 aliphatic heterocycles. The van der Waals surface area contributed by atoms with Crippen molar-refractivity contribution in [1.82, 2.24) is 15.1 Å². The summed E-state index contributed by atoms with van der Waals surface area (Å²) in [5, 5.41) is 15.1. The number of rotatable bonds is 12. The minimum atomic E-state index is -1.10. The van der Waals surface area contributed by atoms with E-state index in [-0.39, 0.29) is 5.69 Å². The van der Waals surface area contributed by atoms with Gasteiger partial charge in [0.25, 0.3) is 0 Å². The molecular weight excluding hydrogens is 541 g/mol. The molecule has 1 aromatic carbocycles. The van der Waals surface area contributed by atoms with Gasteiger partial charge in [0.15, 0.2) is 5.69 Å². The van der Waals surface area contributed by atoms with Gasteiger partial charge in [-0.15, -0.1) is 0 Å². The summed E-state index contributed by atoms with van der Waals surface area (Å²) in [5.74, 6) is 1.32. The molecule has 0 atom stereocenters. The summed E-state index contributed by atoms with van der Waals surface area (Å²) in [6.07, 6.45) is 13.3. The summed E-state index contributed by atoms with van der Waals surface area (Å²) >= 11 is 12.8. The molecule has 3 aromatic heterocycles. The molecule has 0 bridgehead atoms. The number of carboxylic acid groups (broad SMARTS) is 1. The summed E-state index contributed by atoms with van der Waals surface area (Å²) in [6.45, 7) is 0.568. The van der Waals surface area contributed by atoms with E-state index >= 15 is 0 Å². The Bertz CT molecular complexity index is 1510. The number of aromatic nitrogens is 3. The number of aromatic carboxylic acids is 1. The van der Waals surface area contributed by atoms with Crippen molar-refractivity contribution in [3.05, 3.63) is 69.8 Å². The highest BCUT2D eigenvalue weighted by Gasteiger charge is 2.32. The third-order valence-electron chi connectivity index (χ3n) is 6.54. The normalized spacial score (nSPS) is 13.3. The fourth-order valence-electron chi connectivity index (χ4n) is 4.40. The van der Waals surface area contributed by atoms with Gasteiger partial charge in [-0.2, -0.15) is 0 Å². The van der Waals surface area contributed by atoms with E-state index in [1.54, 1.807) is 24.5 Å². The highest BCUT2D eigenvalue weighted by molar-refractivity contribution is 6.39. The first-order chi connectivity index (χ1) is 19.0. The largest absolute Gasteiger partial charge is 0.496 e. The Hall–Kier alpha value is -3.62. The Morgan fingerprint density at radius 2 is 1.95 bits per heavy atom. The predicted octanol–water partition coefficient (Wildman–Crippen LogP) is 7.83. The molecule has 202 valence electrons. The van der Waals surface area contributed by atoms with E-state index in [1.807, 2.05) is 6.07 Å². The topological polar surface area (TPSA) is 108 Å². The highest BCUT2D eigenvalue weighted by atomic mass is 35.5. The van der Waals surface area contributed by atoms with Gasteiger partial charge < -0.3 is 19.1 Å². The maximum Gasteiger partial charge on any atom is 0.354 e. The number of pyridine rings is 2. The van der Waals surface area contributed by atoms with E-state index in [1.165, 1.54) is 13.2 Å². The van der Waals surface area contributed by atoms with Crippen LogP contribution in [0.3, 0.4) is 0 Å². The molecule has 1 saturated carbocycles. The van der Waals surface area contributed by atoms with Gasteiger partial charge in [0.05, 0.1) is 29.3 Å². The van der Waals surface area contributed by atoms with Crippen LogP contribution in [0, 0.1) is 0 Å². The first kappa shape index (κ1) is 27.0. The predicted molar refractivity (Wildman–Crippen MR) is 150 cm³/mol. The lowest BCUT2D eigenvalue weighted by Gasteiger charge is -2.10. The quantitative estimate of drug-likeness (QED) is 0.172. The van der Waals surface area contributed by atoms with Crippen molar-refractivity contribution < 1.29 is 23.9 Å². The molecule has 0 saturated heterocycles. The standard InChI is InChI=1S/C29H27Cl2N3O5/c1-37-25-14-24(29(35)36)33-23-11-10-18(13-20(23)25)38-12-6-4-2-3-5-7-19-27(34-39-28(19)17-8-9-17)26-21(30)15-32-16-22(26)31/h5,7,10-11,13-17H,2-4,6,8-9,12H2,1H3,(H,35,36)/b7-5+. The zero-order valence-corrected chi connectivity index (χ0v) is 22.8. The lowest BCUT2D eigenvalue weighted by Crippen LogP contribution is -2.02. The number of hydrogen-bond acceptors (Lipinski definition) is 7. The molecule has 1 aliphatic carbocycles. The van der Waals surface area contributed by atoms with Gasteiger partial charge in [-0.25, -0.2) is 9.78 Å². The van der Waals surface area contributed by atoms with Crippen LogP contribution in [-0.2, 0) is 0 Å². The number of halogens is 2. The third kappa shape index (κ3) is 6.18. The second-order valence-corrected chi connectivity index (χ2v) is 10.2. The maximum atomic E-state index is 11.3. The molecule has 1 fully saturated rings. The number of fused-ring (bicyclic) bond motifs is 1. The number of unbranched alkanes of at least 4 members (excludes halogenated alkanes) is 3. The van der Waals surface area contributed by atoms with Crippen molar-refractivity contribution in [2.75, 3.05) is 13.7 Å². The molecule has 4 aromatic rings.